The van der Waals surface area contributed by atoms with Gasteiger partial charge in [-0.1, -0.05) is 17.7 Å². The van der Waals surface area contributed by atoms with Gasteiger partial charge in [0.1, 0.15) is 6.04 Å². The molecule has 2 aliphatic rings. The molecule has 1 atom stereocenters. The van der Waals surface area contributed by atoms with Gasteiger partial charge >= 0.3 is 0 Å². The Kier molecular flexibility index (Phi) is 5.48. The molecule has 3 aromatic rings. The number of H-pyrrole nitrogens is 1. The van der Waals surface area contributed by atoms with Gasteiger partial charge in [-0.25, -0.2) is 0 Å². The van der Waals surface area contributed by atoms with Gasteiger partial charge in [-0.3, -0.25) is 9.59 Å². The van der Waals surface area contributed by atoms with Crippen molar-refractivity contribution in [1.29, 1.82) is 0 Å². The number of amides is 2. The highest BCUT2D eigenvalue weighted by Crippen LogP contribution is 2.33. The summed E-state index contributed by atoms with van der Waals surface area (Å²) in [5.41, 5.74) is 6.91. The fourth-order valence-corrected chi connectivity index (χ4v) is 5.03. The van der Waals surface area contributed by atoms with Crippen molar-refractivity contribution in [1.82, 2.24) is 15.2 Å². The standard InChI is InChI=1S/C26H29N3O4/c1-15-10-16(2)25-20(11-15)19(17(3)28-25)8-9-27-26(31)21-5-7-24(30)29(21)13-18-4-6-22-23(12-18)33-14-32-22/h4,6,10-12,21,28H,5,7-9,13-14H2,1-3H3,(H,27,31). The van der Waals surface area contributed by atoms with Gasteiger partial charge in [-0.15, -0.1) is 0 Å². The monoisotopic (exact) mass is 447 g/mol. The molecule has 0 radical (unpaired) electrons. The summed E-state index contributed by atoms with van der Waals surface area (Å²) in [6, 6.07) is 9.57. The number of nitrogens with zero attached hydrogens (tertiary/aromatic N) is 1. The number of aromatic amines is 1. The van der Waals surface area contributed by atoms with E-state index in [2.05, 4.69) is 43.2 Å². The van der Waals surface area contributed by atoms with E-state index in [-0.39, 0.29) is 18.6 Å². The molecule has 33 heavy (non-hydrogen) atoms. The van der Waals surface area contributed by atoms with Crippen molar-refractivity contribution < 1.29 is 19.1 Å². The number of carbonyl (C=O) groups is 2. The Morgan fingerprint density at radius 3 is 2.82 bits per heavy atom. The van der Waals surface area contributed by atoms with Crippen LogP contribution in [-0.4, -0.2) is 41.1 Å². The molecule has 0 saturated carbocycles. The molecule has 1 saturated heterocycles. The summed E-state index contributed by atoms with van der Waals surface area (Å²) in [7, 11) is 0. The van der Waals surface area contributed by atoms with Crippen LogP contribution in [0.5, 0.6) is 11.5 Å². The zero-order valence-corrected chi connectivity index (χ0v) is 19.3. The first-order valence-electron chi connectivity index (χ1n) is 11.4. The Balaban J connectivity index is 1.24. The first-order valence-corrected chi connectivity index (χ1v) is 11.4. The Bertz CT molecular complexity index is 1250. The molecule has 0 bridgehead atoms. The topological polar surface area (TPSA) is 83.7 Å². The molecule has 0 spiro atoms. The van der Waals surface area contributed by atoms with E-state index in [0.717, 1.165) is 23.2 Å². The van der Waals surface area contributed by atoms with E-state index in [0.29, 0.717) is 37.4 Å². The Morgan fingerprint density at radius 2 is 1.97 bits per heavy atom. The van der Waals surface area contributed by atoms with Crippen LogP contribution in [0.2, 0.25) is 0 Å². The summed E-state index contributed by atoms with van der Waals surface area (Å²) >= 11 is 0. The zero-order valence-electron chi connectivity index (χ0n) is 19.3. The second-order valence-electron chi connectivity index (χ2n) is 9.04. The highest BCUT2D eigenvalue weighted by atomic mass is 16.7. The number of aromatic nitrogens is 1. The van der Waals surface area contributed by atoms with Crippen molar-refractivity contribution in [2.24, 2.45) is 0 Å². The summed E-state index contributed by atoms with van der Waals surface area (Å²) in [5.74, 6) is 1.30. The van der Waals surface area contributed by atoms with Crippen molar-refractivity contribution in [2.75, 3.05) is 13.3 Å². The minimum atomic E-state index is -0.448. The Hall–Kier alpha value is -3.48. The Morgan fingerprint density at radius 1 is 1.15 bits per heavy atom. The van der Waals surface area contributed by atoms with Crippen molar-refractivity contribution in [3.63, 3.8) is 0 Å². The Labute approximate surface area is 193 Å². The maximum atomic E-state index is 13.0. The first kappa shape index (κ1) is 21.4. The molecular weight excluding hydrogens is 418 g/mol. The van der Waals surface area contributed by atoms with Gasteiger partial charge in [0.2, 0.25) is 18.6 Å². The molecule has 2 amide bonds. The summed E-state index contributed by atoms with van der Waals surface area (Å²) in [4.78, 5) is 30.7. The number of hydrogen-bond donors (Lipinski definition) is 2. The van der Waals surface area contributed by atoms with E-state index in [1.807, 2.05) is 18.2 Å². The second kappa shape index (κ2) is 8.46. The van der Waals surface area contributed by atoms with Crippen LogP contribution in [0.25, 0.3) is 10.9 Å². The van der Waals surface area contributed by atoms with Gasteiger partial charge < -0.3 is 24.7 Å². The molecule has 2 aromatic carbocycles. The van der Waals surface area contributed by atoms with Crippen molar-refractivity contribution in [3.8, 4) is 11.5 Å². The van der Waals surface area contributed by atoms with Crippen LogP contribution in [0.15, 0.2) is 30.3 Å². The lowest BCUT2D eigenvalue weighted by Crippen LogP contribution is -2.44. The lowest BCUT2D eigenvalue weighted by molar-refractivity contribution is -0.135. The molecule has 2 aliphatic heterocycles. The summed E-state index contributed by atoms with van der Waals surface area (Å²) < 4.78 is 10.8. The number of aryl methyl sites for hydroxylation is 3. The first-order chi connectivity index (χ1) is 15.9. The third kappa shape index (κ3) is 4.03. The highest BCUT2D eigenvalue weighted by molar-refractivity contribution is 5.91. The van der Waals surface area contributed by atoms with E-state index in [1.165, 1.54) is 22.1 Å². The van der Waals surface area contributed by atoms with Crippen LogP contribution in [0.1, 0.15) is 40.8 Å². The number of ether oxygens (including phenoxy) is 2. The van der Waals surface area contributed by atoms with Gasteiger partial charge in [-0.2, -0.15) is 0 Å². The average molecular weight is 448 g/mol. The van der Waals surface area contributed by atoms with E-state index in [1.54, 1.807) is 4.90 Å². The number of fused-ring (bicyclic) bond motifs is 2. The molecule has 7 nitrogen and oxygen atoms in total. The van der Waals surface area contributed by atoms with Gasteiger partial charge in [0, 0.05) is 36.1 Å². The molecule has 1 fully saturated rings. The molecule has 172 valence electrons. The minimum Gasteiger partial charge on any atom is -0.454 e. The number of hydrogen-bond acceptors (Lipinski definition) is 4. The molecule has 7 heteroatoms. The predicted molar refractivity (Wildman–Crippen MR) is 125 cm³/mol. The SMILES string of the molecule is Cc1cc(C)c2[nH]c(C)c(CCNC(=O)C3CCC(=O)N3Cc3ccc4c(c3)OCO4)c2c1. The smallest absolute Gasteiger partial charge is 0.242 e. The molecule has 0 aliphatic carbocycles. The molecule has 5 rings (SSSR count). The van der Waals surface area contributed by atoms with Gasteiger partial charge in [0.05, 0.1) is 0 Å². The van der Waals surface area contributed by atoms with Crippen LogP contribution >= 0.6 is 0 Å². The third-order valence-electron chi connectivity index (χ3n) is 6.67. The number of nitrogens with one attached hydrogen (secondary N) is 2. The summed E-state index contributed by atoms with van der Waals surface area (Å²) in [6.45, 7) is 7.42. The van der Waals surface area contributed by atoms with Gasteiger partial charge in [0.25, 0.3) is 0 Å². The maximum Gasteiger partial charge on any atom is 0.242 e. The number of benzene rings is 2. The fraction of sp³-hybridized carbons (Fsp3) is 0.385. The predicted octanol–water partition coefficient (Wildman–Crippen LogP) is 3.67. The van der Waals surface area contributed by atoms with Crippen LogP contribution in [0.3, 0.4) is 0 Å². The van der Waals surface area contributed by atoms with Crippen LogP contribution in [0.4, 0.5) is 0 Å². The molecule has 2 N–H and O–H groups in total. The van der Waals surface area contributed by atoms with E-state index < -0.39 is 6.04 Å². The number of carbonyl (C=O) groups excluding carboxylic acids is 2. The molecular formula is C26H29N3O4. The largest absolute Gasteiger partial charge is 0.454 e. The summed E-state index contributed by atoms with van der Waals surface area (Å²) in [6.07, 6.45) is 1.67. The van der Waals surface area contributed by atoms with Crippen molar-refractivity contribution >= 4 is 22.7 Å². The van der Waals surface area contributed by atoms with E-state index >= 15 is 0 Å². The van der Waals surface area contributed by atoms with Gasteiger partial charge in [-0.05, 0) is 68.5 Å². The third-order valence-corrected chi connectivity index (χ3v) is 6.67. The molecule has 3 heterocycles. The summed E-state index contributed by atoms with van der Waals surface area (Å²) in [5, 5.41) is 4.29. The fourth-order valence-electron chi connectivity index (χ4n) is 5.03. The molecule has 1 unspecified atom stereocenters. The van der Waals surface area contributed by atoms with Gasteiger partial charge in [0.15, 0.2) is 11.5 Å². The van der Waals surface area contributed by atoms with Crippen LogP contribution in [-0.2, 0) is 22.6 Å². The lowest BCUT2D eigenvalue weighted by atomic mass is 10.0. The van der Waals surface area contributed by atoms with Crippen LogP contribution in [0, 0.1) is 20.8 Å². The average Bonchev–Trinajstić information content (AvgIpc) is 3.47. The quantitative estimate of drug-likeness (QED) is 0.604. The van der Waals surface area contributed by atoms with Crippen molar-refractivity contribution in [2.45, 2.75) is 52.6 Å². The zero-order chi connectivity index (χ0) is 23.1. The lowest BCUT2D eigenvalue weighted by Gasteiger charge is -2.24. The second-order valence-corrected chi connectivity index (χ2v) is 9.04. The van der Waals surface area contributed by atoms with Crippen molar-refractivity contribution in [3.05, 3.63) is 58.3 Å². The van der Waals surface area contributed by atoms with E-state index in [9.17, 15) is 9.59 Å². The van der Waals surface area contributed by atoms with Crippen LogP contribution < -0.4 is 14.8 Å². The number of likely N-dealkylation sites (tertiary alicyclic amines) is 1. The number of rotatable bonds is 6. The van der Waals surface area contributed by atoms with E-state index in [4.69, 9.17) is 9.47 Å². The maximum absolute atomic E-state index is 13.0. The highest BCUT2D eigenvalue weighted by Gasteiger charge is 2.36. The molecule has 1 aromatic heterocycles. The normalized spacial score (nSPS) is 17.2. The minimum absolute atomic E-state index is 0.00578.